The number of aliphatic hydroxyl groups is 1. The lowest BCUT2D eigenvalue weighted by atomic mass is 9.85. The second-order valence-corrected chi connectivity index (χ2v) is 21.4. The second-order valence-electron chi connectivity index (χ2n) is 20.6. The van der Waals surface area contributed by atoms with Crippen molar-refractivity contribution >= 4 is 64.7 Å². The largest absolute Gasteiger partial charge is 0.496 e. The molecule has 0 spiro atoms. The number of hydrogen-bond acceptors (Lipinski definition) is 15. The molecule has 2 aromatic carbocycles. The van der Waals surface area contributed by atoms with Gasteiger partial charge in [-0.2, -0.15) is 0 Å². The van der Waals surface area contributed by atoms with Gasteiger partial charge in [-0.25, -0.2) is 15.0 Å². The number of nitrogens with one attached hydrogen (secondary N) is 3. The number of β-amino-alcohol motifs (C(OH)–C–C–N with tert-alkyl or cyclic N) is 1. The van der Waals surface area contributed by atoms with E-state index in [0.717, 1.165) is 64.4 Å². The van der Waals surface area contributed by atoms with Crippen LogP contribution in [-0.4, -0.2) is 145 Å². The van der Waals surface area contributed by atoms with E-state index in [2.05, 4.69) is 37.7 Å². The number of halogens is 1. The zero-order chi connectivity index (χ0) is 52.9. The number of ether oxygens (including phenoxy) is 3. The number of thiazole rings is 1. The fourth-order valence-corrected chi connectivity index (χ4v) is 10.8. The molecule has 2 fully saturated rings. The highest BCUT2D eigenvalue weighted by Crippen LogP contribution is 2.40. The number of aryl methyl sites for hydroxylation is 1. The fraction of sp³-hybridized carbons (Fsp3) is 0.564. The smallest absolute Gasteiger partial charge is 0.249 e. The van der Waals surface area contributed by atoms with Gasteiger partial charge in [0.25, 0.3) is 0 Å². The summed E-state index contributed by atoms with van der Waals surface area (Å²) in [5.74, 6) is 1.01. The van der Waals surface area contributed by atoms with E-state index in [9.17, 15) is 29.1 Å². The van der Waals surface area contributed by atoms with Crippen LogP contribution >= 0.6 is 23.7 Å². The van der Waals surface area contributed by atoms with Crippen molar-refractivity contribution in [1.82, 2.24) is 35.8 Å². The Bertz CT molecular complexity index is 2570. The second kappa shape index (κ2) is 27.5. The molecule has 1 saturated carbocycles. The first kappa shape index (κ1) is 58.7. The minimum Gasteiger partial charge on any atom is -0.496 e. The normalized spacial score (nSPS) is 18.2. The number of benzene rings is 2. The molecule has 4 amide bonds. The standard InChI is InChI=1S/C55H75N9O9S.ClH/c1-8-42-53(69)62(6)44-32-57-47(60-51(44)64(42)40-12-9-10-13-40)29-39-20-19-38(28-46(39)71-7)45(66)14-11-24-72-26-27-73-25-23-56-22-21-48(67)61-50(55(3,4)5)54(70)63-33-41(65)30-43(63)52(68)58-31-36-15-17-37(18-16-36)49-35(2)59-34-74-49;/h15-20,28,32,34,40-43,50,56,65H,8-14,21-27,29-31,33H2,1-7H3,(H,58,68)(H,61,67);1H/t41-,42-,43+,50-;/m1./s1. The number of amides is 4. The molecular weight excluding hydrogens is 998 g/mol. The molecule has 75 heavy (non-hydrogen) atoms. The summed E-state index contributed by atoms with van der Waals surface area (Å²) in [5, 5.41) is 19.6. The van der Waals surface area contributed by atoms with Crippen LogP contribution in [0, 0.1) is 12.3 Å². The molecule has 2 aliphatic heterocycles. The quantitative estimate of drug-likeness (QED) is 0.0428. The SMILES string of the molecule is CC[C@@H]1C(=O)N(C)c2cnc(Cc3ccc(C(=O)CCCOCCOCCNCCC(=O)N[C@H](C(=O)N4C[C@H](O)C[C@H]4C(=O)NCc4ccc(-c5scnc5C)cc4)C(C)(C)C)cc3OC)nc2N1C1CCCC1.Cl. The minimum absolute atomic E-state index is 0. The molecule has 20 heteroatoms. The number of hydrogen-bond donors (Lipinski definition) is 4. The fourth-order valence-electron chi connectivity index (χ4n) is 10.0. The zero-order valence-corrected chi connectivity index (χ0v) is 46.2. The topological polar surface area (TPSA) is 218 Å². The highest BCUT2D eigenvalue weighted by Gasteiger charge is 2.45. The lowest BCUT2D eigenvalue weighted by molar-refractivity contribution is -0.144. The number of nitrogens with zero attached hydrogens (tertiary/aromatic N) is 6. The molecule has 4 atom stereocenters. The van der Waals surface area contributed by atoms with E-state index in [4.69, 9.17) is 19.2 Å². The third-order valence-corrected chi connectivity index (χ3v) is 15.1. The van der Waals surface area contributed by atoms with Crippen molar-refractivity contribution in [3.8, 4) is 16.2 Å². The van der Waals surface area contributed by atoms with E-state index in [0.29, 0.717) is 82.3 Å². The van der Waals surface area contributed by atoms with Crippen LogP contribution in [0.5, 0.6) is 5.75 Å². The molecule has 408 valence electrons. The van der Waals surface area contributed by atoms with Gasteiger partial charge in [0.15, 0.2) is 11.6 Å². The first-order valence-corrected chi connectivity index (χ1v) is 27.0. The van der Waals surface area contributed by atoms with Crippen LogP contribution in [0.3, 0.4) is 0 Å². The maximum atomic E-state index is 14.0. The van der Waals surface area contributed by atoms with Gasteiger partial charge in [0.1, 0.15) is 35.4 Å². The van der Waals surface area contributed by atoms with Crippen LogP contribution in [0.2, 0.25) is 0 Å². The van der Waals surface area contributed by atoms with E-state index >= 15 is 0 Å². The van der Waals surface area contributed by atoms with Gasteiger partial charge < -0.3 is 50.0 Å². The number of methoxy groups -OCH3 is 1. The maximum absolute atomic E-state index is 14.0. The Morgan fingerprint density at radius 3 is 2.37 bits per heavy atom. The van der Waals surface area contributed by atoms with Crippen LogP contribution in [-0.2, 0) is 41.6 Å². The summed E-state index contributed by atoms with van der Waals surface area (Å²) in [6, 6.07) is 11.6. The highest BCUT2D eigenvalue weighted by molar-refractivity contribution is 7.13. The summed E-state index contributed by atoms with van der Waals surface area (Å²) in [4.78, 5) is 87.5. The van der Waals surface area contributed by atoms with Crippen LogP contribution in [0.1, 0.15) is 118 Å². The Balaban J connectivity index is 0.00000914. The monoisotopic (exact) mass is 1070 g/mol. The molecule has 3 aliphatic rings. The van der Waals surface area contributed by atoms with Crippen molar-refractivity contribution < 1.29 is 43.3 Å². The van der Waals surface area contributed by atoms with Gasteiger partial charge in [-0.05, 0) is 55.2 Å². The average Bonchev–Trinajstić information content (AvgIpc) is 4.18. The Kier molecular flexibility index (Phi) is 21.5. The van der Waals surface area contributed by atoms with Gasteiger partial charge in [-0.1, -0.05) is 76.9 Å². The molecule has 7 rings (SSSR count). The molecule has 0 radical (unpaired) electrons. The summed E-state index contributed by atoms with van der Waals surface area (Å²) in [6.45, 7) is 12.3. The Hall–Kier alpha value is -5.57. The maximum Gasteiger partial charge on any atom is 0.249 e. The Labute approximate surface area is 451 Å². The first-order chi connectivity index (χ1) is 35.6. The summed E-state index contributed by atoms with van der Waals surface area (Å²) in [5.41, 5.74) is 6.21. The number of ketones is 1. The predicted octanol–water partition coefficient (Wildman–Crippen LogP) is 6.22. The van der Waals surface area contributed by atoms with E-state index < -0.39 is 29.5 Å². The van der Waals surface area contributed by atoms with E-state index in [-0.39, 0.29) is 73.9 Å². The Morgan fingerprint density at radius 2 is 1.69 bits per heavy atom. The number of aliphatic hydroxyl groups excluding tert-OH is 1. The molecule has 0 bridgehead atoms. The zero-order valence-electron chi connectivity index (χ0n) is 44.5. The van der Waals surface area contributed by atoms with Gasteiger partial charge in [0, 0.05) is 82.7 Å². The number of aromatic nitrogens is 3. The van der Waals surface area contributed by atoms with Crippen molar-refractivity contribution in [2.24, 2.45) is 5.41 Å². The van der Waals surface area contributed by atoms with Gasteiger partial charge in [0.2, 0.25) is 23.6 Å². The van der Waals surface area contributed by atoms with Crippen LogP contribution in [0.25, 0.3) is 10.4 Å². The number of fused-ring (bicyclic) bond motifs is 1. The van der Waals surface area contributed by atoms with E-state index in [1.54, 1.807) is 42.7 Å². The van der Waals surface area contributed by atoms with Gasteiger partial charge >= 0.3 is 0 Å². The first-order valence-electron chi connectivity index (χ1n) is 26.1. The third kappa shape index (κ3) is 15.1. The summed E-state index contributed by atoms with van der Waals surface area (Å²) >= 11 is 1.57. The third-order valence-electron chi connectivity index (χ3n) is 14.1. The lowest BCUT2D eigenvalue weighted by Gasteiger charge is -2.43. The summed E-state index contributed by atoms with van der Waals surface area (Å²) in [6.07, 6.45) is 7.48. The van der Waals surface area contributed by atoms with Crippen LogP contribution in [0.15, 0.2) is 54.2 Å². The number of anilines is 2. The van der Waals surface area contributed by atoms with Crippen molar-refractivity contribution in [3.63, 3.8) is 0 Å². The Morgan fingerprint density at radius 1 is 0.960 bits per heavy atom. The van der Waals surface area contributed by atoms with Crippen molar-refractivity contribution in [2.45, 2.75) is 136 Å². The van der Waals surface area contributed by atoms with E-state index in [1.807, 2.05) is 69.6 Å². The highest BCUT2D eigenvalue weighted by atomic mass is 35.5. The van der Waals surface area contributed by atoms with Crippen molar-refractivity contribution in [2.75, 3.05) is 70.0 Å². The molecule has 1 aliphatic carbocycles. The molecule has 1 saturated heterocycles. The lowest BCUT2D eigenvalue weighted by Crippen LogP contribution is -2.57. The number of likely N-dealkylation sites (tertiary alicyclic amines) is 1. The minimum atomic E-state index is -0.913. The van der Waals surface area contributed by atoms with Gasteiger partial charge in [0.05, 0.1) is 55.3 Å². The molecule has 2 aromatic heterocycles. The summed E-state index contributed by atoms with van der Waals surface area (Å²) in [7, 11) is 3.38. The number of carbonyl (C=O) groups excluding carboxylic acids is 5. The molecule has 4 heterocycles. The number of likely N-dealkylation sites (N-methyl/N-ethyl adjacent to an activating group) is 1. The molecule has 0 unspecified atom stereocenters. The van der Waals surface area contributed by atoms with Gasteiger partial charge in [-0.3, -0.25) is 24.0 Å². The molecule has 4 N–H and O–H groups in total. The number of Topliss-reactive ketones (excluding diaryl/α,β-unsaturated/α-hetero) is 1. The average molecular weight is 1070 g/mol. The molecule has 4 aromatic rings. The van der Waals surface area contributed by atoms with Crippen LogP contribution < -0.4 is 30.5 Å². The van der Waals surface area contributed by atoms with Crippen molar-refractivity contribution in [1.29, 1.82) is 0 Å². The number of rotatable bonds is 25. The van der Waals surface area contributed by atoms with Gasteiger partial charge in [-0.15, -0.1) is 23.7 Å². The predicted molar refractivity (Wildman–Crippen MR) is 292 cm³/mol. The molecular formula is C55H76ClN9O9S. The molecule has 18 nitrogen and oxygen atoms in total. The summed E-state index contributed by atoms with van der Waals surface area (Å²) < 4.78 is 17.2. The van der Waals surface area contributed by atoms with E-state index in [1.165, 1.54) is 4.90 Å². The number of carbonyl (C=O) groups is 5. The van der Waals surface area contributed by atoms with Crippen molar-refractivity contribution in [3.05, 3.63) is 82.4 Å². The van der Waals surface area contributed by atoms with Crippen LogP contribution in [0.4, 0.5) is 11.5 Å².